The second kappa shape index (κ2) is 11.7. The Balaban J connectivity index is 0.00000312. The Kier molecular flexibility index (Phi) is 10.3. The zero-order valence-corrected chi connectivity index (χ0v) is 18.6. The summed E-state index contributed by atoms with van der Waals surface area (Å²) in [5, 5.41) is 7.19. The molecule has 0 saturated carbocycles. The minimum Gasteiger partial charge on any atom is -0.375 e. The van der Waals surface area contributed by atoms with E-state index in [0.717, 1.165) is 33.8 Å². The summed E-state index contributed by atoms with van der Waals surface area (Å²) in [5.41, 5.74) is 2.17. The van der Waals surface area contributed by atoms with Gasteiger partial charge in [-0.3, -0.25) is 4.99 Å². The maximum Gasteiger partial charge on any atom is 0.193 e. The molecule has 25 heavy (non-hydrogen) atoms. The van der Waals surface area contributed by atoms with Crippen LogP contribution in [0.25, 0.3) is 0 Å². The molecule has 0 bridgehead atoms. The van der Waals surface area contributed by atoms with Crippen LogP contribution in [-0.4, -0.2) is 43.1 Å². The van der Waals surface area contributed by atoms with Crippen molar-refractivity contribution in [1.29, 1.82) is 0 Å². The summed E-state index contributed by atoms with van der Waals surface area (Å²) in [5.74, 6) is 0.829. The van der Waals surface area contributed by atoms with Crippen LogP contribution in [0.4, 0.5) is 0 Å². The summed E-state index contributed by atoms with van der Waals surface area (Å²) in [6.07, 6.45) is 0. The summed E-state index contributed by atoms with van der Waals surface area (Å²) in [6.45, 7) is 4.62. The molecule has 2 rings (SSSR count). The normalized spacial score (nSPS) is 11.1. The summed E-state index contributed by atoms with van der Waals surface area (Å²) >= 11 is 7.53. The van der Waals surface area contributed by atoms with Gasteiger partial charge >= 0.3 is 0 Å². The third-order valence-corrected chi connectivity index (χ3v) is 4.42. The molecule has 1 N–H and O–H groups in total. The number of nitrogens with zero attached hydrogens (tertiary/aromatic N) is 3. The summed E-state index contributed by atoms with van der Waals surface area (Å²) < 4.78 is 5.67. The molecule has 0 aliphatic rings. The predicted octanol–water partition coefficient (Wildman–Crippen LogP) is 3.95. The molecule has 0 unspecified atom stereocenters. The number of guanidine groups is 1. The highest BCUT2D eigenvalue weighted by atomic mass is 127. The van der Waals surface area contributed by atoms with E-state index in [2.05, 4.69) is 20.7 Å². The van der Waals surface area contributed by atoms with Gasteiger partial charge in [0, 0.05) is 31.0 Å². The minimum absolute atomic E-state index is 0. The average molecular weight is 495 g/mol. The number of ether oxygens (including phenoxy) is 1. The van der Waals surface area contributed by atoms with Gasteiger partial charge in [-0.2, -0.15) is 0 Å². The number of nitrogens with one attached hydrogen (secondary N) is 1. The first kappa shape index (κ1) is 22.1. The smallest absolute Gasteiger partial charge is 0.193 e. The Morgan fingerprint density at radius 2 is 2.08 bits per heavy atom. The fourth-order valence-corrected chi connectivity index (χ4v) is 2.92. The van der Waals surface area contributed by atoms with Gasteiger partial charge in [-0.05, 0) is 24.6 Å². The molecule has 138 valence electrons. The number of rotatable bonds is 7. The lowest BCUT2D eigenvalue weighted by Gasteiger charge is -2.21. The van der Waals surface area contributed by atoms with Gasteiger partial charge in [0.1, 0.15) is 0 Å². The highest BCUT2D eigenvalue weighted by Gasteiger charge is 2.08. The minimum atomic E-state index is 0. The molecule has 0 aliphatic heterocycles. The Morgan fingerprint density at radius 3 is 2.68 bits per heavy atom. The quantitative estimate of drug-likeness (QED) is 0.274. The Hall–Kier alpha value is -0.900. The van der Waals surface area contributed by atoms with Crippen LogP contribution in [0.2, 0.25) is 5.02 Å². The summed E-state index contributed by atoms with van der Waals surface area (Å²) in [4.78, 5) is 10.8. The van der Waals surface area contributed by atoms with E-state index in [9.17, 15) is 0 Å². The Morgan fingerprint density at radius 1 is 1.36 bits per heavy atom. The summed E-state index contributed by atoms with van der Waals surface area (Å²) in [6, 6.07) is 7.68. The number of aryl methyl sites for hydroxylation is 1. The fraction of sp³-hybridized carbons (Fsp3) is 0.412. The molecule has 0 fully saturated rings. The molecule has 0 aliphatic carbocycles. The van der Waals surface area contributed by atoms with Gasteiger partial charge in [0.15, 0.2) is 5.96 Å². The van der Waals surface area contributed by atoms with E-state index in [1.54, 1.807) is 18.4 Å². The second-order valence-corrected chi connectivity index (χ2v) is 6.87. The van der Waals surface area contributed by atoms with Crippen molar-refractivity contribution >= 4 is 52.9 Å². The molecule has 1 aromatic carbocycles. The van der Waals surface area contributed by atoms with E-state index in [0.29, 0.717) is 19.8 Å². The number of hydrogen-bond acceptors (Lipinski definition) is 4. The molecule has 0 radical (unpaired) electrons. The molecule has 8 heteroatoms. The van der Waals surface area contributed by atoms with Gasteiger partial charge in [0.05, 0.1) is 30.5 Å². The largest absolute Gasteiger partial charge is 0.375 e. The van der Waals surface area contributed by atoms with E-state index in [4.69, 9.17) is 16.3 Å². The maximum absolute atomic E-state index is 5.86. The SMILES string of the molecule is CN=C(NCCOCc1ccc(Cl)cc1)N(C)Cc1csc(C)n1.I. The van der Waals surface area contributed by atoms with Crippen molar-refractivity contribution in [2.45, 2.75) is 20.1 Å². The Labute approximate surface area is 175 Å². The first-order valence-electron chi connectivity index (χ1n) is 7.73. The summed E-state index contributed by atoms with van der Waals surface area (Å²) in [7, 11) is 3.78. The molecule has 2 aromatic rings. The monoisotopic (exact) mass is 494 g/mol. The van der Waals surface area contributed by atoms with Crippen molar-refractivity contribution in [3.05, 3.63) is 50.9 Å². The van der Waals surface area contributed by atoms with Crippen LogP contribution < -0.4 is 5.32 Å². The van der Waals surface area contributed by atoms with Gasteiger partial charge in [0.2, 0.25) is 0 Å². The lowest BCUT2D eigenvalue weighted by atomic mass is 10.2. The maximum atomic E-state index is 5.86. The lowest BCUT2D eigenvalue weighted by molar-refractivity contribution is 0.125. The number of benzene rings is 1. The zero-order chi connectivity index (χ0) is 17.4. The van der Waals surface area contributed by atoms with Crippen LogP contribution in [-0.2, 0) is 17.9 Å². The van der Waals surface area contributed by atoms with Gasteiger partial charge in [-0.1, -0.05) is 23.7 Å². The van der Waals surface area contributed by atoms with Crippen molar-refractivity contribution in [1.82, 2.24) is 15.2 Å². The van der Waals surface area contributed by atoms with Crippen LogP contribution in [0.5, 0.6) is 0 Å². The van der Waals surface area contributed by atoms with Crippen LogP contribution in [0, 0.1) is 6.92 Å². The number of aliphatic imine (C=N–C) groups is 1. The molecule has 1 heterocycles. The molecule has 0 atom stereocenters. The van der Waals surface area contributed by atoms with Crippen molar-refractivity contribution in [2.75, 3.05) is 27.2 Å². The van der Waals surface area contributed by atoms with E-state index in [1.807, 2.05) is 43.1 Å². The lowest BCUT2D eigenvalue weighted by Crippen LogP contribution is -2.40. The zero-order valence-electron chi connectivity index (χ0n) is 14.7. The van der Waals surface area contributed by atoms with Crippen molar-refractivity contribution in [3.8, 4) is 0 Å². The third kappa shape index (κ3) is 7.89. The first-order chi connectivity index (χ1) is 11.6. The van der Waals surface area contributed by atoms with Gasteiger partial charge in [-0.25, -0.2) is 4.98 Å². The Bertz CT molecular complexity index is 663. The van der Waals surface area contributed by atoms with Gasteiger partial charge in [-0.15, -0.1) is 35.3 Å². The van der Waals surface area contributed by atoms with E-state index in [1.165, 1.54) is 0 Å². The second-order valence-electron chi connectivity index (χ2n) is 5.37. The van der Waals surface area contributed by atoms with Crippen LogP contribution in [0.15, 0.2) is 34.6 Å². The molecule has 5 nitrogen and oxygen atoms in total. The highest BCUT2D eigenvalue weighted by Crippen LogP contribution is 2.10. The van der Waals surface area contributed by atoms with E-state index in [-0.39, 0.29) is 24.0 Å². The molecule has 1 aromatic heterocycles. The molecular weight excluding hydrogens is 471 g/mol. The van der Waals surface area contributed by atoms with Crippen molar-refractivity contribution in [3.63, 3.8) is 0 Å². The van der Waals surface area contributed by atoms with E-state index < -0.39 is 0 Å². The topological polar surface area (TPSA) is 49.8 Å². The van der Waals surface area contributed by atoms with Crippen LogP contribution >= 0.6 is 46.9 Å². The highest BCUT2D eigenvalue weighted by molar-refractivity contribution is 14.0. The molecule has 0 saturated heterocycles. The number of thiazole rings is 1. The fourth-order valence-electron chi connectivity index (χ4n) is 2.19. The first-order valence-corrected chi connectivity index (χ1v) is 8.99. The predicted molar refractivity (Wildman–Crippen MR) is 116 cm³/mol. The van der Waals surface area contributed by atoms with Gasteiger partial charge in [0.25, 0.3) is 0 Å². The molecular formula is C17H24ClIN4OS. The van der Waals surface area contributed by atoms with Gasteiger partial charge < -0.3 is 15.0 Å². The number of halogens is 2. The van der Waals surface area contributed by atoms with Crippen LogP contribution in [0.3, 0.4) is 0 Å². The third-order valence-electron chi connectivity index (χ3n) is 3.35. The van der Waals surface area contributed by atoms with Crippen molar-refractivity contribution in [2.24, 2.45) is 4.99 Å². The average Bonchev–Trinajstić information content (AvgIpc) is 2.97. The van der Waals surface area contributed by atoms with Crippen LogP contribution in [0.1, 0.15) is 16.3 Å². The standard InChI is InChI=1S/C17H23ClN4OS.HI/c1-13-21-16(12-24-13)10-22(3)17(19-2)20-8-9-23-11-14-4-6-15(18)7-5-14;/h4-7,12H,8-11H2,1-3H3,(H,19,20);1H. The number of hydrogen-bond donors (Lipinski definition) is 1. The van der Waals surface area contributed by atoms with Crippen molar-refractivity contribution < 1.29 is 4.74 Å². The molecule has 0 spiro atoms. The van der Waals surface area contributed by atoms with E-state index >= 15 is 0 Å². The molecule has 0 amide bonds. The number of aromatic nitrogens is 1.